The molecule has 3 heteroatoms. The van der Waals surface area contributed by atoms with Crippen molar-refractivity contribution in [2.75, 3.05) is 40.0 Å². The number of hydrogen-bond acceptors (Lipinski definition) is 0. The fourth-order valence-corrected chi connectivity index (χ4v) is 2.37. The quantitative estimate of drug-likeness (QED) is 0.149. The molecule has 0 unspecified atom stereocenters. The first kappa shape index (κ1) is 34.4. The Balaban J connectivity index is 0.000000535. The van der Waals surface area contributed by atoms with Crippen LogP contribution in [0.15, 0.2) is 121 Å². The van der Waals surface area contributed by atoms with Crippen LogP contribution in [0.1, 0.15) is 22.3 Å². The van der Waals surface area contributed by atoms with Crippen molar-refractivity contribution in [1.82, 2.24) is 0 Å². The molecular weight excluding hydrogens is 522 g/mol. The monoisotopic (exact) mass is 560 g/mol. The SMILES string of the molecule is C(#Cc1ccccc1)c1ccccc1.C(#Cc1ccccc1)c1ccccc1.CP(C)C.CP(C)C.[Cr]. The first-order valence-electron chi connectivity index (χ1n) is 11.8. The summed E-state index contributed by atoms with van der Waals surface area (Å²) in [7, 11) is 0.759. The van der Waals surface area contributed by atoms with Crippen LogP contribution in [0.2, 0.25) is 0 Å². The zero-order chi connectivity index (χ0) is 26.4. The van der Waals surface area contributed by atoms with E-state index in [1.807, 2.05) is 121 Å². The second-order valence-electron chi connectivity index (χ2n) is 8.65. The minimum Gasteiger partial charge on any atom is -0.116 e. The van der Waals surface area contributed by atoms with Gasteiger partial charge in [-0.2, -0.15) is 0 Å². The minimum absolute atomic E-state index is 0. The minimum atomic E-state index is 0. The van der Waals surface area contributed by atoms with Gasteiger partial charge in [-0.25, -0.2) is 0 Å². The van der Waals surface area contributed by atoms with Gasteiger partial charge in [0.15, 0.2) is 0 Å². The molecule has 0 amide bonds. The zero-order valence-corrected chi connectivity index (χ0v) is 25.9. The summed E-state index contributed by atoms with van der Waals surface area (Å²) in [5.74, 6) is 12.4. The molecule has 0 aromatic heterocycles. The molecule has 0 aliphatic heterocycles. The predicted octanol–water partition coefficient (Wildman–Crippen LogP) is 8.89. The van der Waals surface area contributed by atoms with Gasteiger partial charge >= 0.3 is 0 Å². The van der Waals surface area contributed by atoms with Gasteiger partial charge < -0.3 is 0 Å². The van der Waals surface area contributed by atoms with Gasteiger partial charge in [-0.1, -0.05) is 96.5 Å². The van der Waals surface area contributed by atoms with Gasteiger partial charge in [-0.15, -0.1) is 15.8 Å². The number of benzene rings is 4. The van der Waals surface area contributed by atoms with Gasteiger partial charge in [0.2, 0.25) is 0 Å². The van der Waals surface area contributed by atoms with Gasteiger partial charge in [0.1, 0.15) is 0 Å². The molecule has 4 aromatic rings. The Labute approximate surface area is 239 Å². The largest absolute Gasteiger partial charge is 0.116 e. The Kier molecular flexibility index (Phi) is 21.0. The predicted molar refractivity (Wildman–Crippen MR) is 167 cm³/mol. The summed E-state index contributed by atoms with van der Waals surface area (Å²) < 4.78 is 0. The van der Waals surface area contributed by atoms with E-state index in [9.17, 15) is 0 Å². The molecule has 0 atom stereocenters. The van der Waals surface area contributed by atoms with E-state index in [-0.39, 0.29) is 17.4 Å². The van der Waals surface area contributed by atoms with Crippen LogP contribution in [0.5, 0.6) is 0 Å². The molecule has 4 rings (SSSR count). The van der Waals surface area contributed by atoms with Crippen molar-refractivity contribution in [3.63, 3.8) is 0 Å². The van der Waals surface area contributed by atoms with Gasteiger partial charge in [-0.05, 0) is 88.5 Å². The standard InChI is InChI=1S/2C14H10.2C3H9P.Cr/c2*1-3-7-13(8-4-1)11-12-14-9-5-2-6-10-14;2*1-4(2)3;/h2*1-10H;2*1-3H3;. The Hall–Kier alpha value is -2.61. The first-order valence-corrected chi connectivity index (χ1v) is 17.2. The normalized spacial score (nSPS) is 8.65. The fraction of sp³-hybridized carbons (Fsp3) is 0.176. The molecule has 0 fully saturated rings. The van der Waals surface area contributed by atoms with Crippen molar-refractivity contribution in [3.05, 3.63) is 144 Å². The summed E-state index contributed by atoms with van der Waals surface area (Å²) in [4.78, 5) is 0. The van der Waals surface area contributed by atoms with Crippen LogP contribution in [0, 0.1) is 23.7 Å². The topological polar surface area (TPSA) is 0 Å². The molecule has 0 saturated carbocycles. The fourth-order valence-electron chi connectivity index (χ4n) is 2.37. The summed E-state index contributed by atoms with van der Waals surface area (Å²) in [6, 6.07) is 40.0. The Bertz CT molecular complexity index is 992. The third-order valence-corrected chi connectivity index (χ3v) is 3.80. The summed E-state index contributed by atoms with van der Waals surface area (Å²) in [6.07, 6.45) is 0. The van der Waals surface area contributed by atoms with Crippen LogP contribution in [-0.4, -0.2) is 40.0 Å². The van der Waals surface area contributed by atoms with Crippen molar-refractivity contribution in [2.24, 2.45) is 0 Å². The molecule has 0 heterocycles. The van der Waals surface area contributed by atoms with Crippen LogP contribution in [0.3, 0.4) is 0 Å². The summed E-state index contributed by atoms with van der Waals surface area (Å²) in [5.41, 5.74) is 4.21. The maximum atomic E-state index is 3.11. The van der Waals surface area contributed by atoms with E-state index >= 15 is 0 Å². The molecule has 0 N–H and O–H groups in total. The molecule has 37 heavy (non-hydrogen) atoms. The molecule has 0 aliphatic rings. The molecule has 0 radical (unpaired) electrons. The van der Waals surface area contributed by atoms with Crippen LogP contribution in [0.4, 0.5) is 0 Å². The van der Waals surface area contributed by atoms with Crippen molar-refractivity contribution in [2.45, 2.75) is 0 Å². The second-order valence-corrected chi connectivity index (χ2v) is 14.0. The number of hydrogen-bond donors (Lipinski definition) is 0. The van der Waals surface area contributed by atoms with Crippen LogP contribution < -0.4 is 0 Å². The summed E-state index contributed by atoms with van der Waals surface area (Å²) >= 11 is 0. The molecule has 0 nitrogen and oxygen atoms in total. The van der Waals surface area contributed by atoms with Crippen molar-refractivity contribution >= 4 is 15.8 Å². The Morgan fingerprint density at radius 3 is 0.595 bits per heavy atom. The van der Waals surface area contributed by atoms with E-state index < -0.39 is 0 Å². The van der Waals surface area contributed by atoms with E-state index in [1.54, 1.807) is 0 Å². The van der Waals surface area contributed by atoms with E-state index in [0.717, 1.165) is 22.3 Å². The van der Waals surface area contributed by atoms with E-state index in [4.69, 9.17) is 0 Å². The van der Waals surface area contributed by atoms with Crippen LogP contribution in [0.25, 0.3) is 0 Å². The second kappa shape index (κ2) is 22.6. The number of rotatable bonds is 0. The van der Waals surface area contributed by atoms with Gasteiger partial charge in [0.05, 0.1) is 0 Å². The van der Waals surface area contributed by atoms with Crippen molar-refractivity contribution < 1.29 is 17.4 Å². The molecule has 0 bridgehead atoms. The molecule has 190 valence electrons. The van der Waals surface area contributed by atoms with E-state index in [0.29, 0.717) is 15.8 Å². The van der Waals surface area contributed by atoms with Gasteiger partial charge in [0.25, 0.3) is 0 Å². The van der Waals surface area contributed by atoms with Crippen LogP contribution in [-0.2, 0) is 17.4 Å². The van der Waals surface area contributed by atoms with E-state index in [2.05, 4.69) is 63.7 Å². The molecule has 4 aromatic carbocycles. The average Bonchev–Trinajstić information content (AvgIpc) is 2.89. The smallest absolute Gasteiger partial charge is 0.0249 e. The van der Waals surface area contributed by atoms with E-state index in [1.165, 1.54) is 0 Å². The van der Waals surface area contributed by atoms with Crippen molar-refractivity contribution in [1.29, 1.82) is 0 Å². The summed E-state index contributed by atoms with van der Waals surface area (Å²) in [5, 5.41) is 0. The average molecular weight is 561 g/mol. The van der Waals surface area contributed by atoms with Crippen LogP contribution >= 0.6 is 15.8 Å². The third kappa shape index (κ3) is 21.2. The maximum Gasteiger partial charge on any atom is 0.0249 e. The third-order valence-electron chi connectivity index (χ3n) is 3.80. The zero-order valence-electron chi connectivity index (χ0n) is 22.8. The maximum absolute atomic E-state index is 3.11. The molecule has 0 spiro atoms. The Morgan fingerprint density at radius 1 is 0.324 bits per heavy atom. The van der Waals surface area contributed by atoms with Crippen molar-refractivity contribution in [3.8, 4) is 23.7 Å². The molecule has 0 saturated heterocycles. The molecule has 0 aliphatic carbocycles. The Morgan fingerprint density at radius 2 is 0.459 bits per heavy atom. The first-order chi connectivity index (χ1) is 17.4. The summed E-state index contributed by atoms with van der Waals surface area (Å²) in [6.45, 7) is 13.4. The van der Waals surface area contributed by atoms with Gasteiger partial charge in [-0.3, -0.25) is 0 Å². The van der Waals surface area contributed by atoms with Gasteiger partial charge in [0, 0.05) is 39.6 Å². The molecular formula is C34H38CrP2.